The molecule has 1 aliphatic rings. The molecule has 1 fully saturated rings. The van der Waals surface area contributed by atoms with Gasteiger partial charge in [-0.1, -0.05) is 37.5 Å². The van der Waals surface area contributed by atoms with Gasteiger partial charge in [-0.2, -0.15) is 0 Å². The van der Waals surface area contributed by atoms with Gasteiger partial charge in [0.2, 0.25) is 11.8 Å². The van der Waals surface area contributed by atoms with E-state index in [0.717, 1.165) is 32.1 Å². The van der Waals surface area contributed by atoms with Crippen LogP contribution < -0.4 is 10.6 Å². The minimum Gasteiger partial charge on any atom is -0.480 e. The van der Waals surface area contributed by atoms with E-state index < -0.39 is 35.7 Å². The van der Waals surface area contributed by atoms with E-state index >= 15 is 0 Å². The first-order valence-electron chi connectivity index (χ1n) is 8.92. The largest absolute Gasteiger partial charge is 0.480 e. The zero-order valence-electron chi connectivity index (χ0n) is 14.8. The van der Waals surface area contributed by atoms with E-state index in [-0.39, 0.29) is 17.9 Å². The molecule has 0 aliphatic heterocycles. The third-order valence-electron chi connectivity index (χ3n) is 4.76. The second kappa shape index (κ2) is 9.31. The molecule has 2 rings (SSSR count). The molecule has 2 amide bonds. The molecule has 1 aliphatic carbocycles. The van der Waals surface area contributed by atoms with Gasteiger partial charge in [0.05, 0.1) is 0 Å². The number of aliphatic carboxylic acids is 1. The predicted molar refractivity (Wildman–Crippen MR) is 93.9 cm³/mol. The average molecular weight is 364 g/mol. The van der Waals surface area contributed by atoms with E-state index in [1.807, 2.05) is 0 Å². The van der Waals surface area contributed by atoms with Gasteiger partial charge in [-0.05, 0) is 30.4 Å². The molecular weight excluding hydrogens is 339 g/mol. The van der Waals surface area contributed by atoms with Gasteiger partial charge < -0.3 is 15.7 Å². The Bertz CT molecular complexity index is 659. The molecule has 0 aromatic heterocycles. The fraction of sp³-hybridized carbons (Fsp3) is 0.526. The molecule has 2 atom stereocenters. The Balaban J connectivity index is 2.12. The summed E-state index contributed by atoms with van der Waals surface area (Å²) in [4.78, 5) is 35.7. The Labute approximate surface area is 152 Å². The second-order valence-corrected chi connectivity index (χ2v) is 6.77. The van der Waals surface area contributed by atoms with Crippen LogP contribution in [0.15, 0.2) is 24.3 Å². The van der Waals surface area contributed by atoms with Gasteiger partial charge in [-0.25, -0.2) is 9.18 Å². The van der Waals surface area contributed by atoms with E-state index in [9.17, 15) is 23.9 Å². The molecule has 142 valence electrons. The topological polar surface area (TPSA) is 95.5 Å². The SMILES string of the molecule is CC(=O)N[C@H](Cc1ccccc1F)C(=O)N[C@H](C(=O)O)C1CCCCC1. The lowest BCUT2D eigenvalue weighted by molar-refractivity contribution is -0.144. The molecule has 0 bridgehead atoms. The van der Waals surface area contributed by atoms with E-state index in [4.69, 9.17) is 0 Å². The first-order chi connectivity index (χ1) is 12.4. The minimum atomic E-state index is -1.09. The number of halogens is 1. The van der Waals surface area contributed by atoms with Crippen molar-refractivity contribution in [2.45, 2.75) is 57.5 Å². The molecule has 7 heteroatoms. The van der Waals surface area contributed by atoms with Crippen molar-refractivity contribution < 1.29 is 23.9 Å². The van der Waals surface area contributed by atoms with Crippen LogP contribution in [0.4, 0.5) is 4.39 Å². The predicted octanol–water partition coefficient (Wildman–Crippen LogP) is 2.02. The summed E-state index contributed by atoms with van der Waals surface area (Å²) in [6.45, 7) is 1.26. The highest BCUT2D eigenvalue weighted by molar-refractivity contribution is 5.90. The maximum Gasteiger partial charge on any atom is 0.326 e. The first kappa shape index (κ1) is 19.9. The van der Waals surface area contributed by atoms with E-state index in [1.165, 1.54) is 25.1 Å². The van der Waals surface area contributed by atoms with Gasteiger partial charge >= 0.3 is 5.97 Å². The first-order valence-corrected chi connectivity index (χ1v) is 8.92. The Morgan fingerprint density at radius 3 is 2.38 bits per heavy atom. The van der Waals surface area contributed by atoms with Crippen molar-refractivity contribution in [2.24, 2.45) is 5.92 Å². The number of carbonyl (C=O) groups is 3. The molecule has 26 heavy (non-hydrogen) atoms. The number of carboxylic acids is 1. The summed E-state index contributed by atoms with van der Waals surface area (Å²) in [5.74, 6) is -2.74. The maximum absolute atomic E-state index is 13.9. The van der Waals surface area contributed by atoms with Crippen molar-refractivity contribution in [1.82, 2.24) is 10.6 Å². The molecule has 6 nitrogen and oxygen atoms in total. The zero-order valence-corrected chi connectivity index (χ0v) is 14.8. The highest BCUT2D eigenvalue weighted by Gasteiger charge is 2.33. The fourth-order valence-corrected chi connectivity index (χ4v) is 3.44. The summed E-state index contributed by atoms with van der Waals surface area (Å²) in [5.41, 5.74) is 0.283. The number of nitrogens with one attached hydrogen (secondary N) is 2. The van der Waals surface area contributed by atoms with E-state index in [0.29, 0.717) is 0 Å². The number of rotatable bonds is 7. The van der Waals surface area contributed by atoms with Crippen LogP contribution in [0.5, 0.6) is 0 Å². The minimum absolute atomic E-state index is 0.0465. The van der Waals surface area contributed by atoms with Gasteiger partial charge in [-0.15, -0.1) is 0 Å². The lowest BCUT2D eigenvalue weighted by Gasteiger charge is -2.29. The molecule has 0 saturated heterocycles. The van der Waals surface area contributed by atoms with Crippen LogP contribution in [0.2, 0.25) is 0 Å². The van der Waals surface area contributed by atoms with Crippen LogP contribution in [0.3, 0.4) is 0 Å². The number of benzene rings is 1. The highest BCUT2D eigenvalue weighted by Crippen LogP contribution is 2.26. The second-order valence-electron chi connectivity index (χ2n) is 6.77. The summed E-state index contributed by atoms with van der Waals surface area (Å²) >= 11 is 0. The summed E-state index contributed by atoms with van der Waals surface area (Å²) < 4.78 is 13.9. The number of hydrogen-bond donors (Lipinski definition) is 3. The van der Waals surface area contributed by atoms with Gasteiger partial charge in [-0.3, -0.25) is 9.59 Å². The van der Waals surface area contributed by atoms with Gasteiger partial charge in [0.15, 0.2) is 0 Å². The quantitative estimate of drug-likeness (QED) is 0.690. The maximum atomic E-state index is 13.9. The van der Waals surface area contributed by atoms with Crippen molar-refractivity contribution in [3.8, 4) is 0 Å². The molecular formula is C19H25FN2O4. The lowest BCUT2D eigenvalue weighted by atomic mass is 9.83. The third kappa shape index (κ3) is 5.54. The molecule has 0 unspecified atom stereocenters. The number of amides is 2. The van der Waals surface area contributed by atoms with Crippen LogP contribution in [-0.2, 0) is 20.8 Å². The van der Waals surface area contributed by atoms with Gasteiger partial charge in [0, 0.05) is 13.3 Å². The average Bonchev–Trinajstić information content (AvgIpc) is 2.60. The van der Waals surface area contributed by atoms with Crippen molar-refractivity contribution >= 4 is 17.8 Å². The number of hydrogen-bond acceptors (Lipinski definition) is 3. The van der Waals surface area contributed by atoms with Crippen LogP contribution in [-0.4, -0.2) is 35.0 Å². The van der Waals surface area contributed by atoms with Crippen molar-refractivity contribution in [3.63, 3.8) is 0 Å². The summed E-state index contributed by atoms with van der Waals surface area (Å²) in [6.07, 6.45) is 4.39. The fourth-order valence-electron chi connectivity index (χ4n) is 3.44. The van der Waals surface area contributed by atoms with Crippen molar-refractivity contribution in [3.05, 3.63) is 35.6 Å². The molecule has 3 N–H and O–H groups in total. The standard InChI is InChI=1S/C19H25FN2O4/c1-12(23)21-16(11-14-9-5-6-10-15(14)20)18(24)22-17(19(25)26)13-7-3-2-4-8-13/h5-6,9-10,13,16-17H,2-4,7-8,11H2,1H3,(H,21,23)(H,22,24)(H,25,26)/t16-,17+/m1/s1. The smallest absolute Gasteiger partial charge is 0.326 e. The Hall–Kier alpha value is -2.44. The van der Waals surface area contributed by atoms with E-state index in [1.54, 1.807) is 6.07 Å². The highest BCUT2D eigenvalue weighted by atomic mass is 19.1. The third-order valence-corrected chi connectivity index (χ3v) is 4.76. The van der Waals surface area contributed by atoms with Crippen molar-refractivity contribution in [2.75, 3.05) is 0 Å². The molecule has 0 heterocycles. The van der Waals surface area contributed by atoms with Crippen LogP contribution in [0.25, 0.3) is 0 Å². The van der Waals surface area contributed by atoms with Crippen LogP contribution >= 0.6 is 0 Å². The molecule has 0 spiro atoms. The molecule has 1 saturated carbocycles. The summed E-state index contributed by atoms with van der Waals surface area (Å²) in [7, 11) is 0. The normalized spacial score (nSPS) is 17.2. The van der Waals surface area contributed by atoms with Gasteiger partial charge in [0.25, 0.3) is 0 Å². The van der Waals surface area contributed by atoms with Gasteiger partial charge in [0.1, 0.15) is 17.9 Å². The zero-order chi connectivity index (χ0) is 19.1. The molecule has 1 aromatic rings. The summed E-state index contributed by atoms with van der Waals surface area (Å²) in [6, 6.07) is 3.96. The molecule has 0 radical (unpaired) electrons. The summed E-state index contributed by atoms with van der Waals surface area (Å²) in [5, 5.41) is 14.6. The monoisotopic (exact) mass is 364 g/mol. The molecule has 1 aromatic carbocycles. The van der Waals surface area contributed by atoms with E-state index in [2.05, 4.69) is 10.6 Å². The number of carboxylic acid groups (broad SMARTS) is 1. The van der Waals surface area contributed by atoms with Crippen LogP contribution in [0, 0.1) is 11.7 Å². The number of carbonyl (C=O) groups excluding carboxylic acids is 2. The Morgan fingerprint density at radius 1 is 1.15 bits per heavy atom. The lowest BCUT2D eigenvalue weighted by Crippen LogP contribution is -2.54. The Kier molecular flexibility index (Phi) is 7.12. The van der Waals surface area contributed by atoms with Crippen LogP contribution in [0.1, 0.15) is 44.6 Å². The van der Waals surface area contributed by atoms with Crippen molar-refractivity contribution in [1.29, 1.82) is 0 Å². The Morgan fingerprint density at radius 2 is 1.81 bits per heavy atom.